The van der Waals surface area contributed by atoms with E-state index in [4.69, 9.17) is 4.74 Å². The summed E-state index contributed by atoms with van der Waals surface area (Å²) < 4.78 is 18.5. The molecule has 1 atom stereocenters. The number of hydrogen-bond acceptors (Lipinski definition) is 2. The number of methoxy groups -OCH3 is 1. The SMILES string of the molecule is COc1ccc(C(O)c2ccc(C)cc2C)cc1F. The van der Waals surface area contributed by atoms with Gasteiger partial charge in [0.05, 0.1) is 7.11 Å². The van der Waals surface area contributed by atoms with Gasteiger partial charge in [0.2, 0.25) is 0 Å². The number of aryl methyl sites for hydroxylation is 2. The van der Waals surface area contributed by atoms with Crippen molar-refractivity contribution in [2.24, 2.45) is 0 Å². The van der Waals surface area contributed by atoms with Crippen molar-refractivity contribution in [3.63, 3.8) is 0 Å². The van der Waals surface area contributed by atoms with Crippen LogP contribution < -0.4 is 4.74 Å². The van der Waals surface area contributed by atoms with Crippen molar-refractivity contribution in [1.82, 2.24) is 0 Å². The Morgan fingerprint density at radius 3 is 2.42 bits per heavy atom. The molecule has 0 fully saturated rings. The van der Waals surface area contributed by atoms with Gasteiger partial charge < -0.3 is 9.84 Å². The van der Waals surface area contributed by atoms with Crippen molar-refractivity contribution >= 4 is 0 Å². The van der Waals surface area contributed by atoms with Crippen LogP contribution >= 0.6 is 0 Å². The lowest BCUT2D eigenvalue weighted by Gasteiger charge is -2.15. The summed E-state index contributed by atoms with van der Waals surface area (Å²) in [5.74, 6) is -0.291. The lowest BCUT2D eigenvalue weighted by Crippen LogP contribution is -2.03. The van der Waals surface area contributed by atoms with Crippen LogP contribution in [0, 0.1) is 19.7 Å². The molecule has 0 aliphatic carbocycles. The van der Waals surface area contributed by atoms with Gasteiger partial charge in [0.15, 0.2) is 11.6 Å². The first-order chi connectivity index (χ1) is 9.02. The van der Waals surface area contributed by atoms with E-state index in [0.717, 1.165) is 16.7 Å². The summed E-state index contributed by atoms with van der Waals surface area (Å²) in [5.41, 5.74) is 3.43. The van der Waals surface area contributed by atoms with Crippen LogP contribution in [0.5, 0.6) is 5.75 Å². The van der Waals surface area contributed by atoms with Crippen LogP contribution in [0.3, 0.4) is 0 Å². The minimum absolute atomic E-state index is 0.177. The normalized spacial score (nSPS) is 12.3. The first-order valence-electron chi connectivity index (χ1n) is 6.11. The third kappa shape index (κ3) is 2.76. The molecule has 2 aromatic rings. The minimum Gasteiger partial charge on any atom is -0.494 e. The summed E-state index contributed by atoms with van der Waals surface area (Å²) in [7, 11) is 1.42. The van der Waals surface area contributed by atoms with E-state index in [2.05, 4.69) is 0 Å². The van der Waals surface area contributed by atoms with Crippen molar-refractivity contribution < 1.29 is 14.2 Å². The van der Waals surface area contributed by atoms with E-state index < -0.39 is 11.9 Å². The third-order valence-corrected chi connectivity index (χ3v) is 3.21. The van der Waals surface area contributed by atoms with E-state index in [1.54, 1.807) is 6.07 Å². The molecule has 0 bridgehead atoms. The third-order valence-electron chi connectivity index (χ3n) is 3.21. The molecular weight excluding hydrogens is 243 g/mol. The maximum absolute atomic E-state index is 13.7. The van der Waals surface area contributed by atoms with Crippen LogP contribution in [0.4, 0.5) is 4.39 Å². The molecule has 1 unspecified atom stereocenters. The number of aliphatic hydroxyl groups excluding tert-OH is 1. The average Bonchev–Trinajstić information content (AvgIpc) is 2.38. The monoisotopic (exact) mass is 260 g/mol. The van der Waals surface area contributed by atoms with Crippen molar-refractivity contribution in [3.8, 4) is 5.75 Å². The first kappa shape index (κ1) is 13.6. The minimum atomic E-state index is -0.832. The lowest BCUT2D eigenvalue weighted by molar-refractivity contribution is 0.218. The number of benzene rings is 2. The number of halogens is 1. The molecule has 0 aromatic heterocycles. The molecule has 1 N–H and O–H groups in total. The van der Waals surface area contributed by atoms with Gasteiger partial charge in [0, 0.05) is 0 Å². The van der Waals surface area contributed by atoms with E-state index in [-0.39, 0.29) is 5.75 Å². The molecule has 0 aliphatic rings. The topological polar surface area (TPSA) is 29.5 Å². The number of ether oxygens (including phenoxy) is 1. The van der Waals surface area contributed by atoms with Gasteiger partial charge in [-0.05, 0) is 42.7 Å². The Balaban J connectivity index is 2.38. The predicted octanol–water partition coefficient (Wildman–Crippen LogP) is 3.53. The van der Waals surface area contributed by atoms with Crippen LogP contribution in [-0.2, 0) is 0 Å². The maximum atomic E-state index is 13.7. The second-order valence-corrected chi connectivity index (χ2v) is 4.66. The Hall–Kier alpha value is -1.87. The molecule has 0 saturated carbocycles. The average molecular weight is 260 g/mol. The highest BCUT2D eigenvalue weighted by Gasteiger charge is 2.15. The van der Waals surface area contributed by atoms with Crippen molar-refractivity contribution in [2.45, 2.75) is 20.0 Å². The molecule has 0 amide bonds. The standard InChI is InChI=1S/C16H17FO2/c1-10-4-6-13(11(2)8-10)16(18)12-5-7-15(19-3)14(17)9-12/h4-9,16,18H,1-3H3. The fourth-order valence-electron chi connectivity index (χ4n) is 2.16. The van der Waals surface area contributed by atoms with Gasteiger partial charge in [-0.15, -0.1) is 0 Å². The van der Waals surface area contributed by atoms with Crippen LogP contribution in [0.15, 0.2) is 36.4 Å². The maximum Gasteiger partial charge on any atom is 0.165 e. The summed E-state index contributed by atoms with van der Waals surface area (Å²) in [6.45, 7) is 3.93. The van der Waals surface area contributed by atoms with E-state index >= 15 is 0 Å². The van der Waals surface area contributed by atoms with Crippen LogP contribution in [0.2, 0.25) is 0 Å². The Kier molecular flexibility index (Phi) is 3.86. The highest BCUT2D eigenvalue weighted by Crippen LogP contribution is 2.28. The van der Waals surface area contributed by atoms with E-state index in [9.17, 15) is 9.50 Å². The van der Waals surface area contributed by atoms with Crippen LogP contribution in [0.25, 0.3) is 0 Å². The fraction of sp³-hybridized carbons (Fsp3) is 0.250. The zero-order valence-electron chi connectivity index (χ0n) is 11.3. The summed E-state index contributed by atoms with van der Waals surface area (Å²) in [4.78, 5) is 0. The molecular formula is C16H17FO2. The highest BCUT2D eigenvalue weighted by atomic mass is 19.1. The van der Waals surface area contributed by atoms with E-state index in [0.29, 0.717) is 5.56 Å². The molecule has 2 rings (SSSR count). The Morgan fingerprint density at radius 1 is 1.11 bits per heavy atom. The van der Waals surface area contributed by atoms with Gasteiger partial charge in [-0.2, -0.15) is 0 Å². The molecule has 3 heteroatoms. The van der Waals surface area contributed by atoms with E-state index in [1.165, 1.54) is 19.2 Å². The highest BCUT2D eigenvalue weighted by molar-refractivity contribution is 5.39. The quantitative estimate of drug-likeness (QED) is 0.914. The van der Waals surface area contributed by atoms with Crippen LogP contribution in [-0.4, -0.2) is 12.2 Å². The number of rotatable bonds is 3. The fourth-order valence-corrected chi connectivity index (χ4v) is 2.16. The van der Waals surface area contributed by atoms with Gasteiger partial charge in [-0.3, -0.25) is 0 Å². The Bertz CT molecular complexity index is 593. The zero-order valence-corrected chi connectivity index (χ0v) is 11.3. The lowest BCUT2D eigenvalue weighted by atomic mass is 9.96. The predicted molar refractivity (Wildman–Crippen MR) is 72.9 cm³/mol. The zero-order chi connectivity index (χ0) is 14.0. The van der Waals surface area contributed by atoms with Gasteiger partial charge in [0.1, 0.15) is 6.10 Å². The van der Waals surface area contributed by atoms with Gasteiger partial charge >= 0.3 is 0 Å². The summed E-state index contributed by atoms with van der Waals surface area (Å²) in [6, 6.07) is 10.3. The molecule has 0 saturated heterocycles. The summed E-state index contributed by atoms with van der Waals surface area (Å²) in [6.07, 6.45) is -0.832. The molecule has 0 radical (unpaired) electrons. The molecule has 0 heterocycles. The Morgan fingerprint density at radius 2 is 1.84 bits per heavy atom. The molecule has 2 nitrogen and oxygen atoms in total. The van der Waals surface area contributed by atoms with E-state index in [1.807, 2.05) is 32.0 Å². The van der Waals surface area contributed by atoms with Gasteiger partial charge in [-0.25, -0.2) is 4.39 Å². The molecule has 0 aliphatic heterocycles. The largest absolute Gasteiger partial charge is 0.494 e. The van der Waals surface area contributed by atoms with Crippen molar-refractivity contribution in [2.75, 3.05) is 7.11 Å². The van der Waals surface area contributed by atoms with Crippen LogP contribution in [0.1, 0.15) is 28.4 Å². The van der Waals surface area contributed by atoms with Crippen molar-refractivity contribution in [1.29, 1.82) is 0 Å². The summed E-state index contributed by atoms with van der Waals surface area (Å²) >= 11 is 0. The smallest absolute Gasteiger partial charge is 0.165 e. The second kappa shape index (κ2) is 5.41. The molecule has 0 spiro atoms. The van der Waals surface area contributed by atoms with Crippen molar-refractivity contribution in [3.05, 3.63) is 64.5 Å². The number of aliphatic hydroxyl groups is 1. The first-order valence-corrected chi connectivity index (χ1v) is 6.11. The molecule has 19 heavy (non-hydrogen) atoms. The number of hydrogen-bond donors (Lipinski definition) is 1. The van der Waals surface area contributed by atoms with Gasteiger partial charge in [0.25, 0.3) is 0 Å². The summed E-state index contributed by atoms with van der Waals surface area (Å²) in [5, 5.41) is 10.3. The Labute approximate surface area is 112 Å². The molecule has 2 aromatic carbocycles. The van der Waals surface area contributed by atoms with Gasteiger partial charge in [-0.1, -0.05) is 29.8 Å². The second-order valence-electron chi connectivity index (χ2n) is 4.66. The molecule has 100 valence electrons.